The van der Waals surface area contributed by atoms with Crippen molar-refractivity contribution in [1.29, 1.82) is 0 Å². The van der Waals surface area contributed by atoms with E-state index in [1.807, 2.05) is 10.8 Å². The Kier molecular flexibility index (Phi) is 3.60. The Hall–Kier alpha value is -1.03. The van der Waals surface area contributed by atoms with Gasteiger partial charge in [0.25, 0.3) is 0 Å². The summed E-state index contributed by atoms with van der Waals surface area (Å²) < 4.78 is 7.01. The largest absolute Gasteiger partial charge is 0.383 e. The Labute approximate surface area is 72.6 Å². The van der Waals surface area contributed by atoms with E-state index in [-0.39, 0.29) is 0 Å². The van der Waals surface area contributed by atoms with Crippen LogP contribution in [0, 0.1) is 0 Å². The molecule has 0 saturated carbocycles. The summed E-state index contributed by atoms with van der Waals surface area (Å²) in [5, 5.41) is 3.16. The molecule has 1 N–H and O–H groups in total. The first-order valence-electron chi connectivity index (χ1n) is 4.12. The van der Waals surface area contributed by atoms with Crippen molar-refractivity contribution in [2.24, 2.45) is 0 Å². The highest BCUT2D eigenvalue weighted by atomic mass is 16.5. The quantitative estimate of drug-likeness (QED) is 0.713. The Balaban J connectivity index is 2.51. The van der Waals surface area contributed by atoms with Crippen LogP contribution in [0.5, 0.6) is 0 Å². The number of methoxy groups -OCH3 is 1. The zero-order valence-electron chi connectivity index (χ0n) is 7.58. The van der Waals surface area contributed by atoms with Crippen LogP contribution in [0.15, 0.2) is 12.4 Å². The lowest BCUT2D eigenvalue weighted by atomic mass is 10.6. The van der Waals surface area contributed by atoms with Gasteiger partial charge in [-0.3, -0.25) is 0 Å². The van der Waals surface area contributed by atoms with Gasteiger partial charge in [0.1, 0.15) is 0 Å². The average Bonchev–Trinajstić information content (AvgIpc) is 2.50. The van der Waals surface area contributed by atoms with E-state index in [1.54, 1.807) is 13.3 Å². The smallest absolute Gasteiger partial charge is 0.202 e. The maximum atomic E-state index is 4.97. The van der Waals surface area contributed by atoms with Gasteiger partial charge in [-0.1, -0.05) is 0 Å². The minimum absolute atomic E-state index is 0.717. The van der Waals surface area contributed by atoms with Gasteiger partial charge in [0.05, 0.1) is 6.61 Å². The van der Waals surface area contributed by atoms with Gasteiger partial charge in [-0.25, -0.2) is 4.98 Å². The number of nitrogens with one attached hydrogen (secondary N) is 1. The second-order valence-electron chi connectivity index (χ2n) is 2.47. The highest BCUT2D eigenvalue weighted by Gasteiger charge is 1.98. The molecule has 0 aliphatic carbocycles. The summed E-state index contributed by atoms with van der Waals surface area (Å²) in [6, 6.07) is 0. The van der Waals surface area contributed by atoms with Gasteiger partial charge in [0.2, 0.25) is 5.95 Å². The molecule has 0 aliphatic rings. The Bertz CT molecular complexity index is 222. The fraction of sp³-hybridized carbons (Fsp3) is 0.625. The fourth-order valence-corrected chi connectivity index (χ4v) is 1.00. The third kappa shape index (κ3) is 2.23. The molecule has 12 heavy (non-hydrogen) atoms. The molecule has 0 radical (unpaired) electrons. The number of anilines is 1. The maximum Gasteiger partial charge on any atom is 0.202 e. The molecule has 1 rings (SSSR count). The molecule has 0 amide bonds. The van der Waals surface area contributed by atoms with E-state index in [4.69, 9.17) is 4.74 Å². The first kappa shape index (κ1) is 9.06. The lowest BCUT2D eigenvalue weighted by Crippen LogP contribution is -2.09. The van der Waals surface area contributed by atoms with Gasteiger partial charge in [0.15, 0.2) is 0 Å². The predicted molar refractivity (Wildman–Crippen MR) is 48.3 cm³/mol. The second kappa shape index (κ2) is 4.77. The first-order chi connectivity index (χ1) is 5.88. The van der Waals surface area contributed by atoms with E-state index in [2.05, 4.69) is 17.2 Å². The Morgan fingerprint density at radius 1 is 1.67 bits per heavy atom. The van der Waals surface area contributed by atoms with Crippen LogP contribution in [0.4, 0.5) is 5.95 Å². The molecular formula is C8H15N3O. The third-order valence-corrected chi connectivity index (χ3v) is 1.59. The minimum Gasteiger partial charge on any atom is -0.383 e. The van der Waals surface area contributed by atoms with Gasteiger partial charge in [-0.05, 0) is 6.92 Å². The molecule has 0 saturated heterocycles. The zero-order valence-corrected chi connectivity index (χ0v) is 7.58. The van der Waals surface area contributed by atoms with Gasteiger partial charge in [0, 0.05) is 32.6 Å². The summed E-state index contributed by atoms with van der Waals surface area (Å²) in [7, 11) is 1.70. The molecule has 0 aliphatic heterocycles. The molecular weight excluding hydrogens is 154 g/mol. The Morgan fingerprint density at radius 3 is 3.17 bits per heavy atom. The fourth-order valence-electron chi connectivity index (χ4n) is 1.00. The number of ether oxygens (including phenoxy) is 1. The van der Waals surface area contributed by atoms with Crippen LogP contribution < -0.4 is 5.32 Å². The van der Waals surface area contributed by atoms with Crippen molar-refractivity contribution in [3.05, 3.63) is 12.4 Å². The number of hydrogen-bond acceptors (Lipinski definition) is 3. The van der Waals surface area contributed by atoms with Crippen molar-refractivity contribution in [3.8, 4) is 0 Å². The zero-order chi connectivity index (χ0) is 8.81. The number of hydrogen-bond donors (Lipinski definition) is 1. The van der Waals surface area contributed by atoms with Crippen LogP contribution in [0.2, 0.25) is 0 Å². The molecule has 0 unspecified atom stereocenters. The molecule has 68 valence electrons. The van der Waals surface area contributed by atoms with E-state index in [9.17, 15) is 0 Å². The van der Waals surface area contributed by atoms with Gasteiger partial charge >= 0.3 is 0 Å². The number of aromatic nitrogens is 2. The number of rotatable bonds is 5. The minimum atomic E-state index is 0.717. The van der Waals surface area contributed by atoms with Crippen molar-refractivity contribution in [2.45, 2.75) is 13.5 Å². The molecule has 1 heterocycles. The monoisotopic (exact) mass is 169 g/mol. The third-order valence-electron chi connectivity index (χ3n) is 1.59. The van der Waals surface area contributed by atoms with Crippen molar-refractivity contribution in [3.63, 3.8) is 0 Å². The standard InChI is InChI=1S/C8H15N3O/c1-3-9-8-10-4-5-11(8)6-7-12-2/h4-5H,3,6-7H2,1-2H3,(H,9,10). The van der Waals surface area contributed by atoms with Crippen molar-refractivity contribution >= 4 is 5.95 Å². The first-order valence-corrected chi connectivity index (χ1v) is 4.12. The van der Waals surface area contributed by atoms with E-state index >= 15 is 0 Å². The van der Waals surface area contributed by atoms with Gasteiger partial charge < -0.3 is 14.6 Å². The summed E-state index contributed by atoms with van der Waals surface area (Å²) in [4.78, 5) is 4.16. The molecule has 1 aromatic rings. The van der Waals surface area contributed by atoms with Gasteiger partial charge in [-0.15, -0.1) is 0 Å². The molecule has 0 bridgehead atoms. The number of imidazole rings is 1. The topological polar surface area (TPSA) is 39.1 Å². The molecule has 0 atom stereocenters. The molecule has 0 spiro atoms. The summed E-state index contributed by atoms with van der Waals surface area (Å²) >= 11 is 0. The van der Waals surface area contributed by atoms with Crippen LogP contribution >= 0.6 is 0 Å². The van der Waals surface area contributed by atoms with E-state index in [1.165, 1.54) is 0 Å². The summed E-state index contributed by atoms with van der Waals surface area (Å²) in [6.45, 7) is 4.51. The van der Waals surface area contributed by atoms with E-state index in [0.717, 1.165) is 25.6 Å². The van der Waals surface area contributed by atoms with Crippen LogP contribution in [0.25, 0.3) is 0 Å². The predicted octanol–water partition coefficient (Wildman–Crippen LogP) is 0.961. The summed E-state index contributed by atoms with van der Waals surface area (Å²) in [5.41, 5.74) is 0. The van der Waals surface area contributed by atoms with Gasteiger partial charge in [-0.2, -0.15) is 0 Å². The second-order valence-corrected chi connectivity index (χ2v) is 2.47. The van der Waals surface area contributed by atoms with E-state index < -0.39 is 0 Å². The molecule has 4 heteroatoms. The molecule has 0 aromatic carbocycles. The van der Waals surface area contributed by atoms with Crippen molar-refractivity contribution in [1.82, 2.24) is 9.55 Å². The molecule has 0 fully saturated rings. The molecule has 4 nitrogen and oxygen atoms in total. The van der Waals surface area contributed by atoms with Crippen LogP contribution in [0.1, 0.15) is 6.92 Å². The highest BCUT2D eigenvalue weighted by Crippen LogP contribution is 2.02. The summed E-state index contributed by atoms with van der Waals surface area (Å²) in [6.07, 6.45) is 3.73. The van der Waals surface area contributed by atoms with Crippen molar-refractivity contribution < 1.29 is 4.74 Å². The van der Waals surface area contributed by atoms with Crippen molar-refractivity contribution in [2.75, 3.05) is 25.6 Å². The lowest BCUT2D eigenvalue weighted by molar-refractivity contribution is 0.187. The summed E-state index contributed by atoms with van der Waals surface area (Å²) in [5.74, 6) is 0.912. The Morgan fingerprint density at radius 2 is 2.50 bits per heavy atom. The van der Waals surface area contributed by atoms with Crippen LogP contribution in [0.3, 0.4) is 0 Å². The normalized spacial score (nSPS) is 10.2. The SMILES string of the molecule is CCNc1nccn1CCOC. The number of nitrogens with zero attached hydrogens (tertiary/aromatic N) is 2. The van der Waals surface area contributed by atoms with Crippen LogP contribution in [-0.2, 0) is 11.3 Å². The lowest BCUT2D eigenvalue weighted by Gasteiger charge is -2.06. The average molecular weight is 169 g/mol. The maximum absolute atomic E-state index is 4.97. The molecule has 1 aromatic heterocycles. The van der Waals surface area contributed by atoms with E-state index in [0.29, 0.717) is 0 Å². The van der Waals surface area contributed by atoms with Crippen LogP contribution in [-0.4, -0.2) is 29.8 Å². The highest BCUT2D eigenvalue weighted by molar-refractivity contribution is 5.25.